The molecule has 2 aromatic heterocycles. The van der Waals surface area contributed by atoms with Crippen LogP contribution in [-0.2, 0) is 0 Å². The zero-order valence-electron chi connectivity index (χ0n) is 18.6. The van der Waals surface area contributed by atoms with Gasteiger partial charge in [-0.2, -0.15) is 12.2 Å². The summed E-state index contributed by atoms with van der Waals surface area (Å²) in [7, 11) is 0. The first-order valence-electron chi connectivity index (χ1n) is 10.4. The van der Waals surface area contributed by atoms with E-state index >= 15 is 0 Å². The van der Waals surface area contributed by atoms with Crippen LogP contribution < -0.4 is 10.7 Å². The number of anilines is 1. The minimum atomic E-state index is -0.170. The van der Waals surface area contributed by atoms with E-state index < -0.39 is 0 Å². The molecule has 0 aliphatic rings. The second kappa shape index (κ2) is 9.43. The molecule has 0 bridgehead atoms. The van der Waals surface area contributed by atoms with Crippen molar-refractivity contribution in [2.75, 3.05) is 5.32 Å². The maximum atomic E-state index is 13.3. The Hall–Kier alpha value is -4.99. The molecule has 2 heterocycles. The molecule has 0 aliphatic heterocycles. The van der Waals surface area contributed by atoms with Gasteiger partial charge in [0.15, 0.2) is 5.43 Å². The Bertz CT molecular complexity index is 1380. The third-order valence-electron chi connectivity index (χ3n) is 5.38. The number of nitrogens with one attached hydrogen (secondary N) is 2. The molecule has 33 heavy (non-hydrogen) atoms. The third kappa shape index (κ3) is 4.39. The van der Waals surface area contributed by atoms with Gasteiger partial charge in [0.1, 0.15) is 11.3 Å². The molecule has 0 amide bonds. The Morgan fingerprint density at radius 1 is 1.12 bits per heavy atom. The molecule has 171 valence electrons. The van der Waals surface area contributed by atoms with Crippen LogP contribution in [0, 0.1) is 25.3 Å². The summed E-state index contributed by atoms with van der Waals surface area (Å²) in [6.45, 7) is 5.81. The van der Waals surface area contributed by atoms with Crippen molar-refractivity contribution >= 4 is 22.9 Å². The smallest absolute Gasteiger partial charge is 0.196 e. The molecule has 0 unspecified atom stereocenters. The van der Waals surface area contributed by atoms with E-state index in [1.807, 2.05) is 75.4 Å². The molecule has 0 spiro atoms. The van der Waals surface area contributed by atoms with Crippen LogP contribution in [0.4, 0.5) is 5.69 Å². The first kappa shape index (κ1) is 22.7. The van der Waals surface area contributed by atoms with Gasteiger partial charge in [-0.1, -0.05) is 54.7 Å². The summed E-state index contributed by atoms with van der Waals surface area (Å²) in [6, 6.07) is 17.2. The van der Waals surface area contributed by atoms with Crippen LogP contribution in [0.25, 0.3) is 22.3 Å². The predicted molar refractivity (Wildman–Crippen MR) is 129 cm³/mol. The zero-order chi connectivity index (χ0) is 22.7. The summed E-state index contributed by atoms with van der Waals surface area (Å²) >= 11 is 0. The van der Waals surface area contributed by atoms with Gasteiger partial charge in [0.2, 0.25) is 0 Å². The molecular weight excluding hydrogens is 650 g/mol. The third-order valence-corrected chi connectivity index (χ3v) is 5.38. The van der Waals surface area contributed by atoms with Gasteiger partial charge < -0.3 is 15.1 Å². The van der Waals surface area contributed by atoms with Gasteiger partial charge in [-0.15, -0.1) is 0 Å². The Balaban J connectivity index is 0.00000306. The molecule has 4 rings (SSSR count). The number of hydrogen-bond acceptors (Lipinski definition) is 5. The van der Waals surface area contributed by atoms with Crippen LogP contribution in [0.5, 0.6) is 0 Å². The Labute approximate surface area is 187 Å². The van der Waals surface area contributed by atoms with E-state index in [-0.39, 0.29) is 11.5 Å². The molecule has 2 N–H and O–H groups in total. The largest absolute Gasteiger partial charge is 0.455 e. The molecular formula is C27H24EsN3O2-. The van der Waals surface area contributed by atoms with Crippen LogP contribution in [-0.4, -0.2) is 11.2 Å². The Morgan fingerprint density at radius 3 is 2.61 bits per heavy atom. The van der Waals surface area contributed by atoms with Crippen molar-refractivity contribution in [3.05, 3.63) is 106 Å². The van der Waals surface area contributed by atoms with E-state index in [1.165, 1.54) is 6.08 Å². The fraction of sp³-hybridized carbons (Fsp3) is 0.148. The van der Waals surface area contributed by atoms with Gasteiger partial charge in [0.05, 0.1) is 5.39 Å². The number of nitrogens with zero attached hydrogens (tertiary/aromatic N) is 1. The van der Waals surface area contributed by atoms with Crippen molar-refractivity contribution in [3.8, 4) is 11.3 Å². The van der Waals surface area contributed by atoms with Gasteiger partial charge in [-0.3, -0.25) is 9.78 Å². The normalized spacial score (nSPS) is 11.8. The Morgan fingerprint density at radius 2 is 1.88 bits per heavy atom. The van der Waals surface area contributed by atoms with Crippen molar-refractivity contribution in [2.24, 2.45) is 0 Å². The molecule has 0 saturated carbocycles. The minimum Gasteiger partial charge on any atom is -0.455 e. The van der Waals surface area contributed by atoms with Crippen LogP contribution in [0.15, 0.2) is 76.1 Å². The average Bonchev–Trinajstić information content (AvgIpc) is 2.81. The average molecular weight is 675 g/mol. The predicted octanol–water partition coefficient (Wildman–Crippen LogP) is 6.00. The summed E-state index contributed by atoms with van der Waals surface area (Å²) in [4.78, 5) is 17.6. The number of allylic oxidation sites excluding steroid dienone is 1. The summed E-state index contributed by atoms with van der Waals surface area (Å²) in [5, 5.41) is 11.3. The fourth-order valence-electron chi connectivity index (χ4n) is 3.82. The van der Waals surface area contributed by atoms with Crippen molar-refractivity contribution in [2.45, 2.75) is 26.8 Å². The number of pyridine rings is 1. The van der Waals surface area contributed by atoms with Gasteiger partial charge in [0.25, 0.3) is 0 Å². The molecule has 4 aromatic rings. The first-order chi connectivity index (χ1) is 15.5. The van der Waals surface area contributed by atoms with E-state index in [9.17, 15) is 4.79 Å². The summed E-state index contributed by atoms with van der Waals surface area (Å²) in [6.07, 6.45) is 7.36. The maximum absolute atomic E-state index is 13.3. The van der Waals surface area contributed by atoms with Crippen LogP contribution in [0.1, 0.15) is 35.3 Å². The summed E-state index contributed by atoms with van der Waals surface area (Å²) in [5.41, 5.74) is 5.30. The molecule has 1 radical (unpaired) electrons. The van der Waals surface area contributed by atoms with Crippen molar-refractivity contribution in [1.82, 2.24) is 4.98 Å². The molecule has 1 atom stereocenters. The van der Waals surface area contributed by atoms with Gasteiger partial charge in [-0.25, -0.2) is 0 Å². The van der Waals surface area contributed by atoms with Crippen LogP contribution in [0.2, 0.25) is 0 Å². The van der Waals surface area contributed by atoms with Crippen molar-refractivity contribution in [1.29, 1.82) is 5.41 Å². The molecule has 0 aliphatic carbocycles. The Kier molecular flexibility index (Phi) is 6.49. The summed E-state index contributed by atoms with van der Waals surface area (Å²) in [5.74, 6) is 0.588. The second-order valence-electron chi connectivity index (χ2n) is 7.73. The molecule has 6 heteroatoms. The fourth-order valence-corrected chi connectivity index (χ4v) is 3.82. The number of aryl methyl sites for hydroxylation is 1. The van der Waals surface area contributed by atoms with Crippen LogP contribution >= 0.6 is 0 Å². The standard InChI is InChI=1S/C27H24N3O2.Es/c1-17-15-21(19(3)30-24-12-8-14-29-23(24)11-7-13-28)27-22(16-17)25(31)18(2)26(32-27)20-9-5-4-6-10-20;/h4-10,12-16,19,28,30H,1-3H3;/q-1;/t19-;/m1./s1. The van der Waals surface area contributed by atoms with Crippen molar-refractivity contribution < 1.29 is 4.42 Å². The molecule has 5 nitrogen and oxygen atoms in total. The monoisotopic (exact) mass is 674 g/mol. The first-order valence-corrected chi connectivity index (χ1v) is 10.4. The van der Waals surface area contributed by atoms with Gasteiger partial charge >= 0.3 is 0 Å². The molecule has 0 fully saturated rings. The van der Waals surface area contributed by atoms with Crippen molar-refractivity contribution in [3.63, 3.8) is 0 Å². The van der Waals surface area contributed by atoms with Gasteiger partial charge in [0, 0.05) is 28.9 Å². The van der Waals surface area contributed by atoms with E-state index in [0.29, 0.717) is 28.0 Å². The molecule has 0 saturated heterocycles. The number of fused-ring (bicyclic) bond motifs is 1. The number of hydrogen-bond donors (Lipinski definition) is 2. The number of rotatable bonds is 6. The topological polar surface area (TPSA) is 79.0 Å². The van der Waals surface area contributed by atoms with E-state index in [0.717, 1.165) is 28.6 Å². The van der Waals surface area contributed by atoms with E-state index in [1.54, 1.807) is 6.20 Å². The number of benzene rings is 2. The van der Waals surface area contributed by atoms with Crippen LogP contribution in [0.3, 0.4) is 0 Å². The number of aromatic nitrogens is 1. The maximum Gasteiger partial charge on any atom is 0.196 e. The minimum absolute atomic E-state index is 0. The SMILES string of the molecule is Cc1cc([C@@H](C)Nc2cccnc2[C-]=CC=N)c2oc(-c3ccccc3)c(C)c(=O)c2c1.[Es]. The zero-order valence-corrected chi connectivity index (χ0v) is 21.1. The second-order valence-corrected chi connectivity index (χ2v) is 7.73. The molecule has 2 aromatic carbocycles. The van der Waals surface area contributed by atoms with E-state index in [2.05, 4.69) is 16.4 Å². The quantitative estimate of drug-likeness (QED) is 0.194. The van der Waals surface area contributed by atoms with Gasteiger partial charge in [-0.05, 0) is 43.8 Å². The van der Waals surface area contributed by atoms with E-state index in [4.69, 9.17) is 9.83 Å². The summed E-state index contributed by atoms with van der Waals surface area (Å²) < 4.78 is 6.39.